The summed E-state index contributed by atoms with van der Waals surface area (Å²) < 4.78 is 1.66. The van der Waals surface area contributed by atoms with Crippen molar-refractivity contribution >= 4 is 16.8 Å². The second-order valence-corrected chi connectivity index (χ2v) is 5.50. The third kappa shape index (κ3) is 2.01. The van der Waals surface area contributed by atoms with Crippen molar-refractivity contribution in [2.24, 2.45) is 7.05 Å². The van der Waals surface area contributed by atoms with E-state index in [0.29, 0.717) is 18.5 Å². The van der Waals surface area contributed by atoms with Crippen molar-refractivity contribution in [3.05, 3.63) is 46.2 Å². The summed E-state index contributed by atoms with van der Waals surface area (Å²) in [5, 5.41) is 1.03. The maximum Gasteiger partial charge on any atom is 0.255 e. The third-order valence-corrected chi connectivity index (χ3v) is 4.18. The first-order valence-corrected chi connectivity index (χ1v) is 6.95. The van der Waals surface area contributed by atoms with Crippen LogP contribution in [-0.4, -0.2) is 21.4 Å². The van der Waals surface area contributed by atoms with Gasteiger partial charge in [0.2, 0.25) is 5.91 Å². The van der Waals surface area contributed by atoms with Gasteiger partial charge in [0, 0.05) is 25.1 Å². The summed E-state index contributed by atoms with van der Waals surface area (Å²) in [6.45, 7) is 2.45. The highest BCUT2D eigenvalue weighted by Gasteiger charge is 2.28. The first kappa shape index (κ1) is 12.9. The summed E-state index contributed by atoms with van der Waals surface area (Å²) in [7, 11) is 1.78. The van der Waals surface area contributed by atoms with E-state index in [0.717, 1.165) is 17.3 Å². The topological polar surface area (TPSA) is 42.3 Å². The Balaban J connectivity index is 2.06. The van der Waals surface area contributed by atoms with E-state index in [1.807, 2.05) is 42.2 Å². The van der Waals surface area contributed by atoms with E-state index in [1.54, 1.807) is 11.6 Å². The van der Waals surface area contributed by atoms with Gasteiger partial charge in [-0.3, -0.25) is 9.59 Å². The fourth-order valence-electron chi connectivity index (χ4n) is 2.91. The van der Waals surface area contributed by atoms with Crippen molar-refractivity contribution in [3.63, 3.8) is 0 Å². The summed E-state index contributed by atoms with van der Waals surface area (Å²) in [6.07, 6.45) is 1.47. The zero-order valence-electron chi connectivity index (χ0n) is 11.8. The van der Waals surface area contributed by atoms with Crippen molar-refractivity contribution in [3.8, 4) is 0 Å². The number of carbonyl (C=O) groups is 1. The molecule has 20 heavy (non-hydrogen) atoms. The van der Waals surface area contributed by atoms with E-state index in [9.17, 15) is 9.59 Å². The van der Waals surface area contributed by atoms with Gasteiger partial charge in [-0.25, -0.2) is 0 Å². The van der Waals surface area contributed by atoms with Gasteiger partial charge < -0.3 is 9.47 Å². The van der Waals surface area contributed by atoms with Crippen molar-refractivity contribution in [2.45, 2.75) is 32.4 Å². The maximum absolute atomic E-state index is 12.4. The number of aromatic nitrogens is 1. The second kappa shape index (κ2) is 4.78. The molecule has 1 aliphatic rings. The minimum absolute atomic E-state index is 0.0180. The average Bonchev–Trinajstić information content (AvgIpc) is 2.76. The molecular weight excluding hydrogens is 252 g/mol. The second-order valence-electron chi connectivity index (χ2n) is 5.50. The van der Waals surface area contributed by atoms with E-state index in [4.69, 9.17) is 0 Å². The van der Waals surface area contributed by atoms with Crippen LogP contribution >= 0.6 is 0 Å². The number of hydrogen-bond donors (Lipinski definition) is 0. The molecule has 1 aliphatic heterocycles. The van der Waals surface area contributed by atoms with E-state index in [1.165, 1.54) is 0 Å². The molecule has 104 valence electrons. The van der Waals surface area contributed by atoms with Crippen LogP contribution < -0.4 is 5.56 Å². The summed E-state index contributed by atoms with van der Waals surface area (Å²) in [4.78, 5) is 26.1. The summed E-state index contributed by atoms with van der Waals surface area (Å²) in [5.74, 6) is 0.146. The normalized spacial score (nSPS) is 19.0. The van der Waals surface area contributed by atoms with Crippen molar-refractivity contribution in [1.29, 1.82) is 0 Å². The third-order valence-electron chi connectivity index (χ3n) is 4.18. The highest BCUT2D eigenvalue weighted by Crippen LogP contribution is 2.21. The molecule has 0 saturated carbocycles. The van der Waals surface area contributed by atoms with Gasteiger partial charge in [-0.05, 0) is 30.9 Å². The lowest BCUT2D eigenvalue weighted by atomic mass is 10.1. The van der Waals surface area contributed by atoms with Gasteiger partial charge in [0.25, 0.3) is 5.56 Å². The number of amides is 1. The molecule has 1 amide bonds. The summed E-state index contributed by atoms with van der Waals surface area (Å²) >= 11 is 0. The van der Waals surface area contributed by atoms with Crippen LogP contribution in [0.25, 0.3) is 10.9 Å². The molecule has 1 aromatic heterocycles. The molecule has 1 saturated heterocycles. The fourth-order valence-corrected chi connectivity index (χ4v) is 2.91. The quantitative estimate of drug-likeness (QED) is 0.838. The van der Waals surface area contributed by atoms with Crippen LogP contribution in [0.2, 0.25) is 0 Å². The van der Waals surface area contributed by atoms with Crippen LogP contribution in [0.5, 0.6) is 0 Å². The molecule has 0 unspecified atom stereocenters. The SMILES string of the molecule is C[C@H]1CCC(=O)N1Cc1cc2ccccc2n(C)c1=O. The molecule has 0 aliphatic carbocycles. The largest absolute Gasteiger partial charge is 0.335 e. The number of para-hydroxylation sites is 1. The highest BCUT2D eigenvalue weighted by molar-refractivity contribution is 5.80. The van der Waals surface area contributed by atoms with Gasteiger partial charge in [-0.15, -0.1) is 0 Å². The van der Waals surface area contributed by atoms with Crippen LogP contribution in [0.4, 0.5) is 0 Å². The number of fused-ring (bicyclic) bond motifs is 1. The monoisotopic (exact) mass is 270 g/mol. The Bertz CT molecular complexity index is 733. The number of carbonyl (C=O) groups excluding carboxylic acids is 1. The summed E-state index contributed by atoms with van der Waals surface area (Å²) in [5.41, 5.74) is 1.59. The number of aryl methyl sites for hydroxylation is 1. The molecule has 4 nitrogen and oxygen atoms in total. The Hall–Kier alpha value is -2.10. The van der Waals surface area contributed by atoms with Crippen molar-refractivity contribution in [2.75, 3.05) is 0 Å². The van der Waals surface area contributed by atoms with E-state index in [2.05, 4.69) is 0 Å². The Kier molecular flexibility index (Phi) is 3.08. The lowest BCUT2D eigenvalue weighted by Crippen LogP contribution is -2.34. The van der Waals surface area contributed by atoms with Gasteiger partial charge >= 0.3 is 0 Å². The molecule has 0 bridgehead atoms. The molecule has 2 aromatic rings. The van der Waals surface area contributed by atoms with Gasteiger partial charge in [0.05, 0.1) is 12.1 Å². The highest BCUT2D eigenvalue weighted by atomic mass is 16.2. The number of likely N-dealkylation sites (tertiary alicyclic amines) is 1. The van der Waals surface area contributed by atoms with Gasteiger partial charge in [0.15, 0.2) is 0 Å². The lowest BCUT2D eigenvalue weighted by molar-refractivity contribution is -0.129. The van der Waals surface area contributed by atoms with Crippen LogP contribution in [-0.2, 0) is 18.4 Å². The molecular formula is C16H18N2O2. The number of benzene rings is 1. The van der Waals surface area contributed by atoms with Crippen LogP contribution in [0.1, 0.15) is 25.3 Å². The zero-order chi connectivity index (χ0) is 14.3. The Labute approximate surface area is 117 Å². The Morgan fingerprint density at radius 1 is 1.25 bits per heavy atom. The molecule has 0 radical (unpaired) electrons. The zero-order valence-corrected chi connectivity index (χ0v) is 11.8. The first-order valence-electron chi connectivity index (χ1n) is 6.95. The van der Waals surface area contributed by atoms with E-state index >= 15 is 0 Å². The predicted molar refractivity (Wildman–Crippen MR) is 78.4 cm³/mol. The van der Waals surface area contributed by atoms with Gasteiger partial charge in [0.1, 0.15) is 0 Å². The molecule has 2 heterocycles. The van der Waals surface area contributed by atoms with E-state index < -0.39 is 0 Å². The van der Waals surface area contributed by atoms with Crippen LogP contribution in [0.15, 0.2) is 35.1 Å². The average molecular weight is 270 g/mol. The fraction of sp³-hybridized carbons (Fsp3) is 0.375. The minimum atomic E-state index is -0.0180. The number of nitrogens with zero attached hydrogens (tertiary/aromatic N) is 2. The molecule has 0 spiro atoms. The van der Waals surface area contributed by atoms with Gasteiger partial charge in [-0.1, -0.05) is 18.2 Å². The summed E-state index contributed by atoms with van der Waals surface area (Å²) in [6, 6.07) is 9.94. The predicted octanol–water partition coefficient (Wildman–Crippen LogP) is 2.05. The number of pyridine rings is 1. The molecule has 1 fully saturated rings. The Morgan fingerprint density at radius 2 is 2.00 bits per heavy atom. The Morgan fingerprint density at radius 3 is 2.70 bits per heavy atom. The smallest absolute Gasteiger partial charge is 0.255 e. The molecule has 3 rings (SSSR count). The number of rotatable bonds is 2. The molecule has 0 N–H and O–H groups in total. The molecule has 1 atom stereocenters. The van der Waals surface area contributed by atoms with Crippen LogP contribution in [0.3, 0.4) is 0 Å². The number of hydrogen-bond acceptors (Lipinski definition) is 2. The van der Waals surface area contributed by atoms with Crippen molar-refractivity contribution in [1.82, 2.24) is 9.47 Å². The minimum Gasteiger partial charge on any atom is -0.335 e. The maximum atomic E-state index is 12.4. The van der Waals surface area contributed by atoms with Crippen molar-refractivity contribution < 1.29 is 4.79 Å². The molecule has 4 heteroatoms. The van der Waals surface area contributed by atoms with E-state index in [-0.39, 0.29) is 17.5 Å². The standard InChI is InChI=1S/C16H18N2O2/c1-11-7-8-15(19)18(11)10-13-9-12-5-3-4-6-14(12)17(2)16(13)20/h3-6,9,11H,7-8,10H2,1-2H3/t11-/m0/s1. The van der Waals surface area contributed by atoms with Crippen LogP contribution in [0, 0.1) is 0 Å². The first-order chi connectivity index (χ1) is 9.58. The molecule has 1 aromatic carbocycles. The van der Waals surface area contributed by atoms with Gasteiger partial charge in [-0.2, -0.15) is 0 Å². The lowest BCUT2D eigenvalue weighted by Gasteiger charge is -2.21.